The van der Waals surface area contributed by atoms with Crippen LogP contribution >= 0.6 is 11.6 Å². The van der Waals surface area contributed by atoms with E-state index in [-0.39, 0.29) is 0 Å². The predicted octanol–water partition coefficient (Wildman–Crippen LogP) is 2.15. The quantitative estimate of drug-likeness (QED) is 0.554. The van der Waals surface area contributed by atoms with Crippen LogP contribution in [0, 0.1) is 5.92 Å². The maximum Gasteiger partial charge on any atom is 0.0391 e. The molecule has 2 heteroatoms. The molecule has 64 valence electrons. The topological polar surface area (TPSA) is 12.0 Å². The third kappa shape index (κ3) is 1.54. The Bertz CT molecular complexity index is 136. The third-order valence-electron chi connectivity index (χ3n) is 3.11. The molecule has 2 fully saturated rings. The molecule has 0 spiro atoms. The van der Waals surface area contributed by atoms with E-state index < -0.39 is 0 Å². The largest absolute Gasteiger partial charge is 0.314 e. The number of hydrogen-bond acceptors (Lipinski definition) is 1. The van der Waals surface area contributed by atoms with Gasteiger partial charge in [0.15, 0.2) is 0 Å². The van der Waals surface area contributed by atoms with Gasteiger partial charge < -0.3 is 5.32 Å². The summed E-state index contributed by atoms with van der Waals surface area (Å²) in [4.78, 5) is 0. The molecule has 1 aliphatic heterocycles. The van der Waals surface area contributed by atoms with Crippen molar-refractivity contribution in [1.82, 2.24) is 5.32 Å². The highest BCUT2D eigenvalue weighted by atomic mass is 35.5. The van der Waals surface area contributed by atoms with E-state index in [2.05, 4.69) is 5.32 Å². The van der Waals surface area contributed by atoms with E-state index in [1.54, 1.807) is 0 Å². The number of halogens is 1. The van der Waals surface area contributed by atoms with Gasteiger partial charge in [-0.15, -0.1) is 11.6 Å². The summed E-state index contributed by atoms with van der Waals surface area (Å²) >= 11 is 6.25. The molecule has 0 aromatic carbocycles. The summed E-state index contributed by atoms with van der Waals surface area (Å²) in [6, 6.07) is 0.750. The van der Waals surface area contributed by atoms with Crippen LogP contribution in [0.2, 0.25) is 0 Å². The second-order valence-electron chi connectivity index (χ2n) is 3.81. The molecule has 2 rings (SSSR count). The molecule has 0 bridgehead atoms. The van der Waals surface area contributed by atoms with E-state index in [1.165, 1.54) is 32.1 Å². The summed E-state index contributed by atoms with van der Waals surface area (Å²) in [6.07, 6.45) is 6.67. The molecule has 1 saturated heterocycles. The first-order chi connectivity index (χ1) is 5.38. The lowest BCUT2D eigenvalue weighted by atomic mass is 9.79. The second kappa shape index (κ2) is 3.32. The van der Waals surface area contributed by atoms with Crippen LogP contribution in [0.3, 0.4) is 0 Å². The van der Waals surface area contributed by atoms with Crippen LogP contribution in [0.25, 0.3) is 0 Å². The number of hydrogen-bond donors (Lipinski definition) is 1. The average molecular weight is 174 g/mol. The Labute approximate surface area is 73.5 Å². The fourth-order valence-electron chi connectivity index (χ4n) is 2.47. The Morgan fingerprint density at radius 2 is 1.91 bits per heavy atom. The summed E-state index contributed by atoms with van der Waals surface area (Å²) in [5, 5.41) is 4.03. The maximum atomic E-state index is 6.25. The van der Waals surface area contributed by atoms with Crippen molar-refractivity contribution in [3.05, 3.63) is 0 Å². The summed E-state index contributed by atoms with van der Waals surface area (Å²) < 4.78 is 0. The van der Waals surface area contributed by atoms with Crippen molar-refractivity contribution >= 4 is 11.6 Å². The van der Waals surface area contributed by atoms with Crippen LogP contribution < -0.4 is 5.32 Å². The standard InChI is InChI=1S/C9H16ClN/c10-8-5-6-11-9-4-2-1-3-7(8)9/h7-9,11H,1-6H2. The average Bonchev–Trinajstić information content (AvgIpc) is 2.06. The first-order valence-corrected chi connectivity index (χ1v) is 5.19. The minimum Gasteiger partial charge on any atom is -0.314 e. The summed E-state index contributed by atoms with van der Waals surface area (Å²) in [7, 11) is 0. The normalized spacial score (nSPS) is 45.0. The van der Waals surface area contributed by atoms with Crippen LogP contribution in [0.5, 0.6) is 0 Å². The molecule has 0 aromatic heterocycles. The molecule has 1 nitrogen and oxygen atoms in total. The summed E-state index contributed by atoms with van der Waals surface area (Å²) in [5.41, 5.74) is 0. The van der Waals surface area contributed by atoms with E-state index in [0.29, 0.717) is 5.38 Å². The Balaban J connectivity index is 1.99. The molecule has 1 aliphatic carbocycles. The molecule has 2 aliphatic rings. The van der Waals surface area contributed by atoms with Crippen LogP contribution in [-0.2, 0) is 0 Å². The molecule has 1 N–H and O–H groups in total. The van der Waals surface area contributed by atoms with Gasteiger partial charge in [0.1, 0.15) is 0 Å². The van der Waals surface area contributed by atoms with Crippen LogP contribution in [0.15, 0.2) is 0 Å². The van der Waals surface area contributed by atoms with E-state index in [4.69, 9.17) is 11.6 Å². The van der Waals surface area contributed by atoms with Crippen molar-refractivity contribution in [3.8, 4) is 0 Å². The van der Waals surface area contributed by atoms with Gasteiger partial charge in [0.2, 0.25) is 0 Å². The minimum atomic E-state index is 0.460. The highest BCUT2D eigenvalue weighted by Crippen LogP contribution is 2.33. The lowest BCUT2D eigenvalue weighted by Crippen LogP contribution is -2.48. The van der Waals surface area contributed by atoms with Gasteiger partial charge in [-0.2, -0.15) is 0 Å². The number of fused-ring (bicyclic) bond motifs is 1. The van der Waals surface area contributed by atoms with Crippen LogP contribution in [-0.4, -0.2) is 18.0 Å². The second-order valence-corrected chi connectivity index (χ2v) is 4.37. The van der Waals surface area contributed by atoms with E-state index in [0.717, 1.165) is 18.5 Å². The van der Waals surface area contributed by atoms with Crippen molar-refractivity contribution < 1.29 is 0 Å². The van der Waals surface area contributed by atoms with E-state index in [1.807, 2.05) is 0 Å². The van der Waals surface area contributed by atoms with Crippen molar-refractivity contribution in [2.45, 2.75) is 43.5 Å². The van der Waals surface area contributed by atoms with Crippen molar-refractivity contribution in [3.63, 3.8) is 0 Å². The van der Waals surface area contributed by atoms with Crippen molar-refractivity contribution in [2.24, 2.45) is 5.92 Å². The number of alkyl halides is 1. The van der Waals surface area contributed by atoms with Gasteiger partial charge in [-0.3, -0.25) is 0 Å². The van der Waals surface area contributed by atoms with Gasteiger partial charge >= 0.3 is 0 Å². The fourth-order valence-corrected chi connectivity index (χ4v) is 2.88. The molecule has 0 aromatic rings. The van der Waals surface area contributed by atoms with Gasteiger partial charge in [-0.1, -0.05) is 12.8 Å². The molecular weight excluding hydrogens is 158 g/mol. The molecule has 1 saturated carbocycles. The zero-order valence-electron chi connectivity index (χ0n) is 6.85. The third-order valence-corrected chi connectivity index (χ3v) is 3.65. The predicted molar refractivity (Wildman–Crippen MR) is 48.0 cm³/mol. The fraction of sp³-hybridized carbons (Fsp3) is 1.00. The van der Waals surface area contributed by atoms with Gasteiger partial charge in [0, 0.05) is 11.4 Å². The zero-order chi connectivity index (χ0) is 7.68. The first-order valence-electron chi connectivity index (χ1n) is 4.75. The summed E-state index contributed by atoms with van der Waals surface area (Å²) in [6.45, 7) is 1.13. The summed E-state index contributed by atoms with van der Waals surface area (Å²) in [5.74, 6) is 0.777. The van der Waals surface area contributed by atoms with Crippen LogP contribution in [0.4, 0.5) is 0 Å². The van der Waals surface area contributed by atoms with Gasteiger partial charge in [0.25, 0.3) is 0 Å². The lowest BCUT2D eigenvalue weighted by molar-refractivity contribution is 0.216. The van der Waals surface area contributed by atoms with Crippen molar-refractivity contribution in [1.29, 1.82) is 0 Å². The molecule has 1 heterocycles. The lowest BCUT2D eigenvalue weighted by Gasteiger charge is -2.39. The Hall–Kier alpha value is 0.250. The Morgan fingerprint density at radius 3 is 2.73 bits per heavy atom. The van der Waals surface area contributed by atoms with Gasteiger partial charge in [-0.05, 0) is 31.7 Å². The molecule has 3 atom stereocenters. The molecule has 0 amide bonds. The molecule has 3 unspecified atom stereocenters. The SMILES string of the molecule is ClC1CCNC2CCCCC12. The Morgan fingerprint density at radius 1 is 1.09 bits per heavy atom. The number of nitrogens with one attached hydrogen (secondary N) is 1. The van der Waals surface area contributed by atoms with E-state index >= 15 is 0 Å². The smallest absolute Gasteiger partial charge is 0.0391 e. The minimum absolute atomic E-state index is 0.460. The molecule has 0 radical (unpaired) electrons. The van der Waals surface area contributed by atoms with Gasteiger partial charge in [0.05, 0.1) is 0 Å². The maximum absolute atomic E-state index is 6.25. The van der Waals surface area contributed by atoms with Gasteiger partial charge in [-0.25, -0.2) is 0 Å². The molecular formula is C9H16ClN. The molecule has 11 heavy (non-hydrogen) atoms. The first kappa shape index (κ1) is 7.88. The van der Waals surface area contributed by atoms with Crippen LogP contribution in [0.1, 0.15) is 32.1 Å². The monoisotopic (exact) mass is 173 g/mol. The zero-order valence-corrected chi connectivity index (χ0v) is 7.61. The van der Waals surface area contributed by atoms with E-state index in [9.17, 15) is 0 Å². The highest BCUT2D eigenvalue weighted by Gasteiger charge is 2.33. The number of rotatable bonds is 0. The number of piperidine rings is 1. The highest BCUT2D eigenvalue weighted by molar-refractivity contribution is 6.20. The Kier molecular flexibility index (Phi) is 2.38. The van der Waals surface area contributed by atoms with Crippen molar-refractivity contribution in [2.75, 3.05) is 6.54 Å².